The number of methoxy groups -OCH3 is 1. The number of pyridine rings is 1. The molecular formula is C9H12N2O3. The van der Waals surface area contributed by atoms with E-state index in [9.17, 15) is 4.79 Å². The summed E-state index contributed by atoms with van der Waals surface area (Å²) in [5.41, 5.74) is 6.36. The molecular weight excluding hydrogens is 184 g/mol. The third-order valence-corrected chi connectivity index (χ3v) is 1.79. The summed E-state index contributed by atoms with van der Waals surface area (Å²) in [6.45, 7) is 0. The Bertz CT molecular complexity index is 328. The summed E-state index contributed by atoms with van der Waals surface area (Å²) in [6, 6.07) is 2.79. The smallest absolute Gasteiger partial charge is 0.305 e. The quantitative estimate of drug-likeness (QED) is 0.735. The molecule has 1 rings (SSSR count). The lowest BCUT2D eigenvalue weighted by molar-refractivity contribution is -0.137. The van der Waals surface area contributed by atoms with E-state index in [1.165, 1.54) is 13.3 Å². The van der Waals surface area contributed by atoms with E-state index in [1.807, 2.05) is 0 Å². The zero-order chi connectivity index (χ0) is 10.6. The largest absolute Gasteiger partial charge is 0.481 e. The lowest BCUT2D eigenvalue weighted by atomic mass is 10.1. The summed E-state index contributed by atoms with van der Waals surface area (Å²) >= 11 is 0. The van der Waals surface area contributed by atoms with E-state index in [1.54, 1.807) is 12.1 Å². The van der Waals surface area contributed by atoms with Gasteiger partial charge in [-0.25, -0.2) is 4.98 Å². The lowest BCUT2D eigenvalue weighted by Crippen LogP contribution is -2.15. The van der Waals surface area contributed by atoms with Gasteiger partial charge in [0.25, 0.3) is 0 Å². The first kappa shape index (κ1) is 10.5. The standard InChI is InChI=1S/C9H12N2O3/c1-14-8-4-6(2-3-11-8)7(10)5-9(12)13/h2-4,7H,5,10H2,1H3,(H,12,13). The summed E-state index contributed by atoms with van der Waals surface area (Å²) in [4.78, 5) is 14.3. The number of carboxylic acids is 1. The molecule has 0 bridgehead atoms. The molecule has 1 atom stereocenters. The highest BCUT2D eigenvalue weighted by Crippen LogP contribution is 2.17. The third-order valence-electron chi connectivity index (χ3n) is 1.79. The number of carbonyl (C=O) groups is 1. The molecule has 0 saturated carbocycles. The van der Waals surface area contributed by atoms with Crippen LogP contribution in [-0.4, -0.2) is 23.2 Å². The Morgan fingerprint density at radius 1 is 1.79 bits per heavy atom. The van der Waals surface area contributed by atoms with Crippen molar-refractivity contribution in [1.29, 1.82) is 0 Å². The molecule has 0 spiro atoms. The minimum absolute atomic E-state index is 0.104. The van der Waals surface area contributed by atoms with Gasteiger partial charge in [-0.15, -0.1) is 0 Å². The minimum Gasteiger partial charge on any atom is -0.481 e. The predicted octanol–water partition coefficient (Wildman–Crippen LogP) is 0.565. The van der Waals surface area contributed by atoms with Crippen molar-refractivity contribution in [2.45, 2.75) is 12.5 Å². The van der Waals surface area contributed by atoms with E-state index in [0.717, 1.165) is 0 Å². The molecule has 0 aliphatic heterocycles. The third kappa shape index (κ3) is 2.70. The first-order valence-corrected chi connectivity index (χ1v) is 4.11. The van der Waals surface area contributed by atoms with Gasteiger partial charge >= 0.3 is 5.97 Å². The van der Waals surface area contributed by atoms with Crippen LogP contribution in [0.15, 0.2) is 18.3 Å². The summed E-state index contributed by atoms with van der Waals surface area (Å²) in [5.74, 6) is -0.489. The Balaban J connectivity index is 2.78. The molecule has 1 unspecified atom stereocenters. The van der Waals surface area contributed by atoms with E-state index in [2.05, 4.69) is 4.98 Å². The summed E-state index contributed by atoms with van der Waals surface area (Å²) in [7, 11) is 1.49. The van der Waals surface area contributed by atoms with Gasteiger partial charge in [0.15, 0.2) is 0 Å². The van der Waals surface area contributed by atoms with Crippen molar-refractivity contribution in [3.05, 3.63) is 23.9 Å². The van der Waals surface area contributed by atoms with Gasteiger partial charge in [0.1, 0.15) is 0 Å². The maximum Gasteiger partial charge on any atom is 0.305 e. The fraction of sp³-hybridized carbons (Fsp3) is 0.333. The maximum atomic E-state index is 10.4. The van der Waals surface area contributed by atoms with Gasteiger partial charge in [-0.05, 0) is 11.6 Å². The van der Waals surface area contributed by atoms with E-state index in [-0.39, 0.29) is 6.42 Å². The van der Waals surface area contributed by atoms with Crippen LogP contribution < -0.4 is 10.5 Å². The van der Waals surface area contributed by atoms with Gasteiger partial charge in [0.2, 0.25) is 5.88 Å². The van der Waals surface area contributed by atoms with E-state index in [0.29, 0.717) is 11.4 Å². The van der Waals surface area contributed by atoms with E-state index < -0.39 is 12.0 Å². The number of aromatic nitrogens is 1. The number of hydrogen-bond acceptors (Lipinski definition) is 4. The number of rotatable bonds is 4. The van der Waals surface area contributed by atoms with Crippen molar-refractivity contribution in [3.8, 4) is 5.88 Å². The molecule has 3 N–H and O–H groups in total. The molecule has 0 amide bonds. The number of ether oxygens (including phenoxy) is 1. The Labute approximate surface area is 81.5 Å². The van der Waals surface area contributed by atoms with Crippen molar-refractivity contribution in [1.82, 2.24) is 4.98 Å². The van der Waals surface area contributed by atoms with Gasteiger partial charge in [-0.2, -0.15) is 0 Å². The minimum atomic E-state index is -0.923. The Morgan fingerprint density at radius 3 is 3.07 bits per heavy atom. The van der Waals surface area contributed by atoms with E-state index in [4.69, 9.17) is 15.6 Å². The highest BCUT2D eigenvalue weighted by molar-refractivity contribution is 5.67. The number of nitrogens with two attached hydrogens (primary N) is 1. The second-order valence-electron chi connectivity index (χ2n) is 2.84. The van der Waals surface area contributed by atoms with Gasteiger partial charge < -0.3 is 15.6 Å². The number of carboxylic acid groups (broad SMARTS) is 1. The molecule has 0 fully saturated rings. The normalized spacial score (nSPS) is 12.1. The summed E-state index contributed by atoms with van der Waals surface area (Å²) in [5, 5.41) is 8.54. The highest BCUT2D eigenvalue weighted by Gasteiger charge is 2.11. The lowest BCUT2D eigenvalue weighted by Gasteiger charge is -2.09. The van der Waals surface area contributed by atoms with Gasteiger partial charge in [0.05, 0.1) is 13.5 Å². The monoisotopic (exact) mass is 196 g/mol. The van der Waals surface area contributed by atoms with Crippen molar-refractivity contribution in [2.75, 3.05) is 7.11 Å². The number of hydrogen-bond donors (Lipinski definition) is 2. The zero-order valence-corrected chi connectivity index (χ0v) is 7.80. The topological polar surface area (TPSA) is 85.4 Å². The Kier molecular flexibility index (Phi) is 3.41. The van der Waals surface area contributed by atoms with Crippen LogP contribution in [-0.2, 0) is 4.79 Å². The Morgan fingerprint density at radius 2 is 2.50 bits per heavy atom. The average molecular weight is 196 g/mol. The molecule has 0 aromatic carbocycles. The molecule has 0 aliphatic rings. The van der Waals surface area contributed by atoms with Gasteiger partial charge in [-0.1, -0.05) is 0 Å². The maximum absolute atomic E-state index is 10.4. The molecule has 0 aliphatic carbocycles. The van der Waals surface area contributed by atoms with Crippen LogP contribution in [0.3, 0.4) is 0 Å². The van der Waals surface area contributed by atoms with Gasteiger partial charge in [-0.3, -0.25) is 4.79 Å². The molecule has 1 aromatic heterocycles. The van der Waals surface area contributed by atoms with Gasteiger partial charge in [0, 0.05) is 18.3 Å². The molecule has 1 aromatic rings. The van der Waals surface area contributed by atoms with Crippen LogP contribution in [0.5, 0.6) is 5.88 Å². The highest BCUT2D eigenvalue weighted by atomic mass is 16.5. The number of nitrogens with zero attached hydrogens (tertiary/aromatic N) is 1. The van der Waals surface area contributed by atoms with Crippen LogP contribution in [0.25, 0.3) is 0 Å². The molecule has 14 heavy (non-hydrogen) atoms. The average Bonchev–Trinajstić information content (AvgIpc) is 2.17. The molecule has 76 valence electrons. The second kappa shape index (κ2) is 4.57. The molecule has 5 nitrogen and oxygen atoms in total. The number of aliphatic carboxylic acids is 1. The molecule has 0 saturated heterocycles. The van der Waals surface area contributed by atoms with Crippen molar-refractivity contribution >= 4 is 5.97 Å². The first-order valence-electron chi connectivity index (χ1n) is 4.11. The van der Waals surface area contributed by atoms with Crippen LogP contribution in [0.1, 0.15) is 18.0 Å². The van der Waals surface area contributed by atoms with Crippen LogP contribution in [0.2, 0.25) is 0 Å². The van der Waals surface area contributed by atoms with Crippen LogP contribution in [0.4, 0.5) is 0 Å². The molecule has 1 heterocycles. The first-order chi connectivity index (χ1) is 6.63. The van der Waals surface area contributed by atoms with Crippen molar-refractivity contribution < 1.29 is 14.6 Å². The van der Waals surface area contributed by atoms with Crippen LogP contribution >= 0.6 is 0 Å². The van der Waals surface area contributed by atoms with Crippen molar-refractivity contribution in [2.24, 2.45) is 5.73 Å². The summed E-state index contributed by atoms with van der Waals surface area (Å²) < 4.78 is 4.90. The fourth-order valence-electron chi connectivity index (χ4n) is 1.07. The Hall–Kier alpha value is -1.62. The summed E-state index contributed by atoms with van der Waals surface area (Å²) in [6.07, 6.45) is 1.43. The SMILES string of the molecule is COc1cc(C(N)CC(=O)O)ccn1. The van der Waals surface area contributed by atoms with Crippen molar-refractivity contribution in [3.63, 3.8) is 0 Å². The predicted molar refractivity (Wildman–Crippen MR) is 50.0 cm³/mol. The zero-order valence-electron chi connectivity index (χ0n) is 7.80. The molecule has 5 heteroatoms. The second-order valence-corrected chi connectivity index (χ2v) is 2.84. The van der Waals surface area contributed by atoms with E-state index >= 15 is 0 Å². The fourth-order valence-corrected chi connectivity index (χ4v) is 1.07. The van der Waals surface area contributed by atoms with Crippen LogP contribution in [0, 0.1) is 0 Å². The molecule has 0 radical (unpaired) electrons.